The molecule has 0 saturated heterocycles. The Morgan fingerprint density at radius 3 is 2.63 bits per heavy atom. The Kier molecular flexibility index (Phi) is 7.23. The van der Waals surface area contributed by atoms with Gasteiger partial charge in [-0.25, -0.2) is 13.8 Å². The van der Waals surface area contributed by atoms with E-state index >= 15 is 0 Å². The number of benzene rings is 2. The lowest BCUT2D eigenvalue weighted by molar-refractivity contribution is -0.146. The van der Waals surface area contributed by atoms with Crippen molar-refractivity contribution in [3.8, 4) is 0 Å². The van der Waals surface area contributed by atoms with Gasteiger partial charge in [0.25, 0.3) is 5.91 Å². The van der Waals surface area contributed by atoms with E-state index < -0.39 is 22.6 Å². The number of hydrogen-bond donors (Lipinski definition) is 1. The summed E-state index contributed by atoms with van der Waals surface area (Å²) >= 11 is 1.24. The fourth-order valence-corrected chi connectivity index (χ4v) is 4.92. The van der Waals surface area contributed by atoms with Gasteiger partial charge in [0.2, 0.25) is 0 Å². The molecule has 5 nitrogen and oxygen atoms in total. The average Bonchev–Trinajstić information content (AvgIpc) is 3.16. The van der Waals surface area contributed by atoms with E-state index in [-0.39, 0.29) is 16.5 Å². The molecule has 0 aliphatic carbocycles. The molecular formula is C22H25F2N3O2S. The molecule has 1 aliphatic rings. The molecule has 1 heterocycles. The molecule has 1 aliphatic heterocycles. The predicted octanol–water partition coefficient (Wildman–Crippen LogP) is 4.22. The van der Waals surface area contributed by atoms with Gasteiger partial charge in [-0.2, -0.15) is 5.10 Å². The third-order valence-electron chi connectivity index (χ3n) is 5.04. The van der Waals surface area contributed by atoms with E-state index in [0.29, 0.717) is 25.8 Å². The van der Waals surface area contributed by atoms with E-state index in [1.165, 1.54) is 23.9 Å². The predicted molar refractivity (Wildman–Crippen MR) is 115 cm³/mol. The van der Waals surface area contributed by atoms with Gasteiger partial charge in [0.05, 0.1) is 0 Å². The number of nitrogens with two attached hydrogens (primary N) is 1. The summed E-state index contributed by atoms with van der Waals surface area (Å²) in [5, 5.41) is 6.11. The molecule has 0 bridgehead atoms. The maximum absolute atomic E-state index is 14.5. The highest BCUT2D eigenvalue weighted by atomic mass is 32.2. The van der Waals surface area contributed by atoms with Crippen LogP contribution in [-0.4, -0.2) is 35.7 Å². The van der Waals surface area contributed by atoms with Crippen LogP contribution < -0.4 is 5.73 Å². The summed E-state index contributed by atoms with van der Waals surface area (Å²) in [6.45, 7) is 2.26. The molecule has 8 heteroatoms. The monoisotopic (exact) mass is 433 g/mol. The molecule has 0 radical (unpaired) electrons. The van der Waals surface area contributed by atoms with Crippen molar-refractivity contribution >= 4 is 22.7 Å². The second kappa shape index (κ2) is 9.68. The Bertz CT molecular complexity index is 922. The van der Waals surface area contributed by atoms with Crippen LogP contribution in [0.2, 0.25) is 0 Å². The highest BCUT2D eigenvalue weighted by molar-refractivity contribution is 8.15. The van der Waals surface area contributed by atoms with Crippen molar-refractivity contribution in [1.29, 1.82) is 0 Å². The summed E-state index contributed by atoms with van der Waals surface area (Å²) in [5.41, 5.74) is 6.64. The van der Waals surface area contributed by atoms with Crippen molar-refractivity contribution in [3.05, 3.63) is 71.3 Å². The minimum absolute atomic E-state index is 0.0221. The van der Waals surface area contributed by atoms with Gasteiger partial charge in [0, 0.05) is 12.7 Å². The molecule has 0 saturated carbocycles. The number of rotatable bonds is 8. The zero-order chi connectivity index (χ0) is 21.7. The van der Waals surface area contributed by atoms with Gasteiger partial charge in [-0.15, -0.1) is 0 Å². The first-order chi connectivity index (χ1) is 14.5. The highest BCUT2D eigenvalue weighted by Crippen LogP contribution is 2.50. The van der Waals surface area contributed by atoms with Crippen molar-refractivity contribution in [2.24, 2.45) is 10.8 Å². The van der Waals surface area contributed by atoms with Gasteiger partial charge < -0.3 is 10.5 Å². The maximum Gasteiger partial charge on any atom is 0.273 e. The summed E-state index contributed by atoms with van der Waals surface area (Å²) < 4.78 is 33.8. The summed E-state index contributed by atoms with van der Waals surface area (Å²) in [6.07, 6.45) is 0.863. The number of amides is 1. The van der Waals surface area contributed by atoms with Crippen LogP contribution in [0.1, 0.15) is 37.3 Å². The van der Waals surface area contributed by atoms with Crippen molar-refractivity contribution in [1.82, 2.24) is 5.01 Å². The third kappa shape index (κ3) is 4.26. The van der Waals surface area contributed by atoms with Gasteiger partial charge in [0.15, 0.2) is 0 Å². The van der Waals surface area contributed by atoms with E-state index in [1.54, 1.807) is 0 Å². The molecular weight excluding hydrogens is 408 g/mol. The first-order valence-electron chi connectivity index (χ1n) is 9.82. The molecule has 0 spiro atoms. The second-order valence-electron chi connectivity index (χ2n) is 6.96. The van der Waals surface area contributed by atoms with Crippen LogP contribution in [0, 0.1) is 11.6 Å². The molecule has 2 atom stereocenters. The van der Waals surface area contributed by atoms with Crippen LogP contribution in [0.25, 0.3) is 0 Å². The molecule has 0 aromatic heterocycles. The number of thioether (sulfide) groups is 1. The Balaban J connectivity index is 2.16. The molecule has 2 aromatic rings. The number of halogens is 2. The molecule has 3 rings (SSSR count). The van der Waals surface area contributed by atoms with Crippen LogP contribution in [0.4, 0.5) is 8.78 Å². The number of hydrazone groups is 1. The van der Waals surface area contributed by atoms with Gasteiger partial charge in [0.1, 0.15) is 27.7 Å². The molecule has 1 unspecified atom stereocenters. The van der Waals surface area contributed by atoms with Gasteiger partial charge in [-0.05, 0) is 49.6 Å². The summed E-state index contributed by atoms with van der Waals surface area (Å²) in [4.78, 5) is 12.4. The summed E-state index contributed by atoms with van der Waals surface area (Å²) in [6, 6.07) is 12.6. The van der Waals surface area contributed by atoms with Crippen molar-refractivity contribution in [2.75, 3.05) is 13.7 Å². The van der Waals surface area contributed by atoms with Gasteiger partial charge in [-0.1, -0.05) is 49.0 Å². The fraction of sp³-hybridized carbons (Fsp3) is 0.364. The normalized spacial score (nSPS) is 19.6. The smallest absolute Gasteiger partial charge is 0.273 e. The van der Waals surface area contributed by atoms with E-state index in [1.807, 2.05) is 37.3 Å². The lowest BCUT2D eigenvalue weighted by Crippen LogP contribution is -2.46. The Hall–Kier alpha value is -2.29. The second-order valence-corrected chi connectivity index (χ2v) is 8.22. The number of hydrogen-bond acceptors (Lipinski definition) is 5. The lowest BCUT2D eigenvalue weighted by atomic mass is 9.99. The number of methoxy groups -OCH3 is 1. The number of carbonyl (C=O) groups is 1. The summed E-state index contributed by atoms with van der Waals surface area (Å²) in [5.74, 6) is -1.51. The highest BCUT2D eigenvalue weighted by Gasteiger charge is 2.49. The maximum atomic E-state index is 14.5. The van der Waals surface area contributed by atoms with Crippen LogP contribution in [0.15, 0.2) is 53.6 Å². The first kappa shape index (κ1) is 22.4. The standard InChI is InChI=1S/C22H25F2N3O2S/c1-3-19(29-2)21(28)27-22(12-7-13-25,15-8-5-4-6-9-15)30-20(26-27)17-14-16(23)10-11-18(17)24/h4-6,8-11,14,19H,3,7,12-13,25H2,1-2H3/t19-,22?/m1/s1. The fourth-order valence-electron chi connectivity index (χ4n) is 3.49. The largest absolute Gasteiger partial charge is 0.372 e. The summed E-state index contributed by atoms with van der Waals surface area (Å²) in [7, 11) is 1.47. The van der Waals surface area contributed by atoms with Crippen molar-refractivity contribution in [3.63, 3.8) is 0 Å². The number of ether oxygens (including phenoxy) is 1. The van der Waals surface area contributed by atoms with Crippen molar-refractivity contribution in [2.45, 2.75) is 37.2 Å². The van der Waals surface area contributed by atoms with Crippen LogP contribution in [0.3, 0.4) is 0 Å². The van der Waals surface area contributed by atoms with Crippen LogP contribution >= 0.6 is 11.8 Å². The minimum Gasteiger partial charge on any atom is -0.372 e. The zero-order valence-electron chi connectivity index (χ0n) is 17.0. The van der Waals surface area contributed by atoms with E-state index in [2.05, 4.69) is 5.10 Å². The molecule has 2 N–H and O–H groups in total. The number of carbonyl (C=O) groups excluding carboxylic acids is 1. The van der Waals surface area contributed by atoms with Gasteiger partial charge in [-0.3, -0.25) is 4.79 Å². The Morgan fingerprint density at radius 1 is 1.27 bits per heavy atom. The first-order valence-corrected chi connectivity index (χ1v) is 10.6. The van der Waals surface area contributed by atoms with E-state index in [4.69, 9.17) is 10.5 Å². The average molecular weight is 434 g/mol. The molecule has 160 valence electrons. The van der Waals surface area contributed by atoms with Crippen LogP contribution in [-0.2, 0) is 14.4 Å². The third-order valence-corrected chi connectivity index (χ3v) is 6.49. The van der Waals surface area contributed by atoms with E-state index in [9.17, 15) is 13.6 Å². The van der Waals surface area contributed by atoms with Gasteiger partial charge >= 0.3 is 0 Å². The zero-order valence-corrected chi connectivity index (χ0v) is 17.8. The van der Waals surface area contributed by atoms with Crippen LogP contribution in [0.5, 0.6) is 0 Å². The number of nitrogens with zero attached hydrogens (tertiary/aromatic N) is 2. The van der Waals surface area contributed by atoms with Crippen molar-refractivity contribution < 1.29 is 18.3 Å². The topological polar surface area (TPSA) is 67.9 Å². The lowest BCUT2D eigenvalue weighted by Gasteiger charge is -2.37. The SMILES string of the molecule is CC[C@@H](OC)C(=O)N1N=C(c2cc(F)ccc2F)SC1(CCCN)c1ccccc1. The molecule has 0 fully saturated rings. The minimum atomic E-state index is -0.933. The molecule has 1 amide bonds. The Labute approximate surface area is 179 Å². The quantitative estimate of drug-likeness (QED) is 0.677. The Morgan fingerprint density at radius 2 is 2.00 bits per heavy atom. The molecule has 30 heavy (non-hydrogen) atoms. The molecule has 2 aromatic carbocycles. The van der Waals surface area contributed by atoms with E-state index in [0.717, 1.165) is 23.8 Å².